The fourth-order valence-electron chi connectivity index (χ4n) is 2.38. The molecule has 0 radical (unpaired) electrons. The Morgan fingerprint density at radius 2 is 1.86 bits per heavy atom. The molecule has 21 heavy (non-hydrogen) atoms. The molecule has 1 aromatic carbocycles. The van der Waals surface area contributed by atoms with Crippen molar-refractivity contribution < 1.29 is 0 Å². The summed E-state index contributed by atoms with van der Waals surface area (Å²) < 4.78 is 1.33. The first-order valence-corrected chi connectivity index (χ1v) is 8.18. The van der Waals surface area contributed by atoms with Crippen LogP contribution in [-0.4, -0.2) is 4.98 Å². The smallest absolute Gasteiger partial charge is 0.0355 e. The Hall–Kier alpha value is -1.68. The molecule has 4 rings (SSSR count). The van der Waals surface area contributed by atoms with E-state index in [-0.39, 0.29) is 12.4 Å². The van der Waals surface area contributed by atoms with Crippen LogP contribution >= 0.6 is 35.1 Å². The van der Waals surface area contributed by atoms with E-state index in [9.17, 15) is 0 Å². The number of hydrogen-bond acceptors (Lipinski definition) is 3. The van der Waals surface area contributed by atoms with Gasteiger partial charge in [-0.25, -0.2) is 0 Å². The van der Waals surface area contributed by atoms with Gasteiger partial charge in [-0.15, -0.1) is 23.7 Å². The number of rotatable bonds is 2. The van der Waals surface area contributed by atoms with Crippen molar-refractivity contribution in [3.05, 3.63) is 64.9 Å². The summed E-state index contributed by atoms with van der Waals surface area (Å²) in [6.45, 7) is 0. The Kier molecular flexibility index (Phi) is 4.06. The van der Waals surface area contributed by atoms with Crippen molar-refractivity contribution in [3.8, 4) is 22.3 Å². The van der Waals surface area contributed by atoms with Gasteiger partial charge < -0.3 is 0 Å². The Morgan fingerprint density at radius 3 is 2.62 bits per heavy atom. The van der Waals surface area contributed by atoms with Crippen LogP contribution in [0, 0.1) is 0 Å². The predicted molar refractivity (Wildman–Crippen MR) is 95.6 cm³/mol. The highest BCUT2D eigenvalue weighted by atomic mass is 35.5. The van der Waals surface area contributed by atoms with Crippen molar-refractivity contribution in [2.45, 2.75) is 0 Å². The molecule has 3 heterocycles. The van der Waals surface area contributed by atoms with Crippen molar-refractivity contribution in [2.24, 2.45) is 0 Å². The quantitative estimate of drug-likeness (QED) is 0.432. The molecule has 0 saturated carbocycles. The maximum atomic E-state index is 4.21. The number of benzene rings is 1. The van der Waals surface area contributed by atoms with Crippen LogP contribution in [0.3, 0.4) is 0 Å². The van der Waals surface area contributed by atoms with Gasteiger partial charge in [-0.1, -0.05) is 18.2 Å². The number of nitrogens with zero attached hydrogens (tertiary/aromatic N) is 1. The molecule has 0 atom stereocenters. The highest BCUT2D eigenvalue weighted by Gasteiger charge is 2.08. The summed E-state index contributed by atoms with van der Waals surface area (Å²) in [6.07, 6.45) is 3.74. The van der Waals surface area contributed by atoms with Gasteiger partial charge in [0, 0.05) is 33.6 Å². The average molecular weight is 330 g/mol. The number of pyridine rings is 1. The highest BCUT2D eigenvalue weighted by molar-refractivity contribution is 7.17. The lowest BCUT2D eigenvalue weighted by Crippen LogP contribution is -1.77. The van der Waals surface area contributed by atoms with E-state index in [1.54, 1.807) is 22.7 Å². The van der Waals surface area contributed by atoms with Crippen molar-refractivity contribution >= 4 is 45.2 Å². The highest BCUT2D eigenvalue weighted by Crippen LogP contribution is 2.36. The SMILES string of the molecule is Cl.c1cncc(-c2csc3cc(-c4ccsc4)ccc23)c1. The molecule has 0 aliphatic carbocycles. The standard InChI is InChI=1S/C17H11NS2.ClH/c1-2-13(9-18-6-1)16-11-20-17-8-12(3-4-15(16)17)14-5-7-19-10-14;/h1-11H;1H. The fraction of sp³-hybridized carbons (Fsp3) is 0. The number of hydrogen-bond donors (Lipinski definition) is 0. The van der Waals surface area contributed by atoms with E-state index in [0.29, 0.717) is 0 Å². The average Bonchev–Trinajstić information content (AvgIpc) is 3.17. The molecule has 0 saturated heterocycles. The van der Waals surface area contributed by atoms with Gasteiger partial charge in [0.2, 0.25) is 0 Å². The van der Waals surface area contributed by atoms with Gasteiger partial charge in [-0.05, 0) is 45.5 Å². The van der Waals surface area contributed by atoms with Gasteiger partial charge in [0.25, 0.3) is 0 Å². The molecule has 1 nitrogen and oxygen atoms in total. The molecule has 0 aliphatic heterocycles. The Balaban J connectivity index is 0.00000132. The second-order valence-electron chi connectivity index (χ2n) is 4.61. The molecule has 0 amide bonds. The van der Waals surface area contributed by atoms with Crippen LogP contribution in [0.25, 0.3) is 32.3 Å². The van der Waals surface area contributed by atoms with Gasteiger partial charge in [0.15, 0.2) is 0 Å². The second-order valence-corrected chi connectivity index (χ2v) is 6.31. The molecule has 3 aromatic heterocycles. The second kappa shape index (κ2) is 5.98. The Bertz CT molecular complexity index is 851. The summed E-state index contributed by atoms with van der Waals surface area (Å²) in [6, 6.07) is 13.0. The predicted octanol–water partition coefficient (Wildman–Crippen LogP) is 6.11. The minimum Gasteiger partial charge on any atom is -0.264 e. The third-order valence-corrected chi connectivity index (χ3v) is 5.03. The van der Waals surface area contributed by atoms with Gasteiger partial charge in [0.1, 0.15) is 0 Å². The van der Waals surface area contributed by atoms with Crippen LogP contribution in [0.1, 0.15) is 0 Å². The monoisotopic (exact) mass is 329 g/mol. The number of fused-ring (bicyclic) bond motifs is 1. The number of aromatic nitrogens is 1. The van der Waals surface area contributed by atoms with Crippen molar-refractivity contribution in [1.82, 2.24) is 4.98 Å². The normalized spacial score (nSPS) is 10.5. The molecule has 104 valence electrons. The molecule has 0 unspecified atom stereocenters. The first kappa shape index (κ1) is 14.3. The van der Waals surface area contributed by atoms with E-state index in [1.165, 1.54) is 32.3 Å². The summed E-state index contributed by atoms with van der Waals surface area (Å²) in [4.78, 5) is 4.21. The third kappa shape index (κ3) is 2.60. The molecule has 4 heteroatoms. The molecule has 0 aliphatic rings. The van der Waals surface area contributed by atoms with Crippen LogP contribution < -0.4 is 0 Å². The van der Waals surface area contributed by atoms with Crippen molar-refractivity contribution in [1.29, 1.82) is 0 Å². The van der Waals surface area contributed by atoms with Crippen LogP contribution in [0.5, 0.6) is 0 Å². The van der Waals surface area contributed by atoms with Crippen LogP contribution in [0.2, 0.25) is 0 Å². The molecule has 0 N–H and O–H groups in total. The minimum absolute atomic E-state index is 0. The zero-order chi connectivity index (χ0) is 13.4. The van der Waals surface area contributed by atoms with Crippen LogP contribution in [-0.2, 0) is 0 Å². The zero-order valence-electron chi connectivity index (χ0n) is 11.0. The summed E-state index contributed by atoms with van der Waals surface area (Å²) in [5.74, 6) is 0. The largest absolute Gasteiger partial charge is 0.264 e. The summed E-state index contributed by atoms with van der Waals surface area (Å²) in [5, 5.41) is 7.84. The molecule has 0 fully saturated rings. The summed E-state index contributed by atoms with van der Waals surface area (Å²) >= 11 is 3.53. The Morgan fingerprint density at radius 1 is 0.905 bits per heavy atom. The fourth-order valence-corrected chi connectivity index (χ4v) is 4.06. The maximum absolute atomic E-state index is 4.21. The van der Waals surface area contributed by atoms with E-state index in [2.05, 4.69) is 51.5 Å². The Labute approximate surface area is 137 Å². The lowest BCUT2D eigenvalue weighted by atomic mass is 10.0. The van der Waals surface area contributed by atoms with Crippen LogP contribution in [0.4, 0.5) is 0 Å². The minimum atomic E-state index is 0. The first-order chi connectivity index (χ1) is 9.92. The van der Waals surface area contributed by atoms with E-state index in [4.69, 9.17) is 0 Å². The van der Waals surface area contributed by atoms with E-state index in [0.717, 1.165) is 0 Å². The molecular formula is C17H12ClNS2. The third-order valence-electron chi connectivity index (χ3n) is 3.40. The lowest BCUT2D eigenvalue weighted by molar-refractivity contribution is 1.33. The number of thiophene rings is 2. The number of halogens is 1. The lowest BCUT2D eigenvalue weighted by Gasteiger charge is -2.01. The molecule has 4 aromatic rings. The molecular weight excluding hydrogens is 318 g/mol. The van der Waals surface area contributed by atoms with Gasteiger partial charge in [0.05, 0.1) is 0 Å². The van der Waals surface area contributed by atoms with Gasteiger partial charge in [-0.2, -0.15) is 11.3 Å². The zero-order valence-corrected chi connectivity index (χ0v) is 13.5. The van der Waals surface area contributed by atoms with Crippen molar-refractivity contribution in [2.75, 3.05) is 0 Å². The van der Waals surface area contributed by atoms with Gasteiger partial charge in [-0.3, -0.25) is 4.98 Å². The summed E-state index contributed by atoms with van der Waals surface area (Å²) in [5.41, 5.74) is 5.04. The van der Waals surface area contributed by atoms with Crippen LogP contribution in [0.15, 0.2) is 64.9 Å². The van der Waals surface area contributed by atoms with E-state index >= 15 is 0 Å². The molecule has 0 bridgehead atoms. The summed E-state index contributed by atoms with van der Waals surface area (Å²) in [7, 11) is 0. The maximum Gasteiger partial charge on any atom is 0.0355 e. The van der Waals surface area contributed by atoms with Gasteiger partial charge >= 0.3 is 0 Å². The van der Waals surface area contributed by atoms with E-state index in [1.807, 2.05) is 18.5 Å². The van der Waals surface area contributed by atoms with Crippen molar-refractivity contribution in [3.63, 3.8) is 0 Å². The molecule has 0 spiro atoms. The topological polar surface area (TPSA) is 12.9 Å². The van der Waals surface area contributed by atoms with E-state index < -0.39 is 0 Å². The first-order valence-electron chi connectivity index (χ1n) is 6.36.